The van der Waals surface area contributed by atoms with Gasteiger partial charge in [-0.25, -0.2) is 19.6 Å². The number of fused-ring (bicyclic) bond motifs is 1. The first-order chi connectivity index (χ1) is 10.2. The average Bonchev–Trinajstić information content (AvgIpc) is 2.50. The first-order valence-electron chi connectivity index (χ1n) is 6.89. The summed E-state index contributed by atoms with van der Waals surface area (Å²) in [7, 11) is 0. The van der Waals surface area contributed by atoms with Crippen LogP contribution in [0.4, 0.5) is 26.1 Å². The lowest BCUT2D eigenvalue weighted by atomic mass is 9.90. The van der Waals surface area contributed by atoms with E-state index in [4.69, 9.17) is 5.84 Å². The van der Waals surface area contributed by atoms with E-state index < -0.39 is 11.6 Å². The van der Waals surface area contributed by atoms with E-state index in [9.17, 15) is 8.78 Å². The van der Waals surface area contributed by atoms with Gasteiger partial charge in [-0.3, -0.25) is 0 Å². The number of aromatic nitrogens is 1. The van der Waals surface area contributed by atoms with E-state index in [-0.39, 0.29) is 11.6 Å². The summed E-state index contributed by atoms with van der Waals surface area (Å²) < 4.78 is 27.2. The summed E-state index contributed by atoms with van der Waals surface area (Å²) in [6.07, 6.45) is 4.25. The summed E-state index contributed by atoms with van der Waals surface area (Å²) in [5.41, 5.74) is 5.38. The van der Waals surface area contributed by atoms with E-state index in [2.05, 4.69) is 21.8 Å². The predicted octanol–water partition coefficient (Wildman–Crippen LogP) is 3.27. The Labute approximate surface area is 121 Å². The number of rotatable bonds is 3. The van der Waals surface area contributed by atoms with Crippen molar-refractivity contribution in [1.82, 2.24) is 4.98 Å². The van der Waals surface area contributed by atoms with Crippen LogP contribution in [0.1, 0.15) is 24.0 Å². The van der Waals surface area contributed by atoms with Crippen LogP contribution in [0.25, 0.3) is 0 Å². The molecule has 0 radical (unpaired) electrons. The molecule has 0 unspecified atom stereocenters. The fourth-order valence-corrected chi connectivity index (χ4v) is 2.68. The number of nitrogens with two attached hydrogens (primary N) is 1. The van der Waals surface area contributed by atoms with E-state index in [0.717, 1.165) is 31.0 Å². The second-order valence-electron chi connectivity index (χ2n) is 5.07. The number of hydrogen-bond acceptors (Lipinski definition) is 4. The molecule has 1 aliphatic carbocycles. The number of hydrogen-bond donors (Lipinski definition) is 3. The van der Waals surface area contributed by atoms with Crippen LogP contribution in [-0.2, 0) is 12.8 Å². The van der Waals surface area contributed by atoms with Gasteiger partial charge in [0.1, 0.15) is 0 Å². The molecule has 4 nitrogen and oxygen atoms in total. The Bertz CT molecular complexity index is 673. The normalized spacial score (nSPS) is 13.7. The van der Waals surface area contributed by atoms with Crippen molar-refractivity contribution in [2.75, 3.05) is 10.7 Å². The summed E-state index contributed by atoms with van der Waals surface area (Å²) in [5, 5.41) is 2.95. The van der Waals surface area contributed by atoms with Crippen molar-refractivity contribution in [3.63, 3.8) is 0 Å². The number of nitrogens with one attached hydrogen (secondary N) is 2. The Morgan fingerprint density at radius 3 is 2.62 bits per heavy atom. The van der Waals surface area contributed by atoms with Gasteiger partial charge in [-0.2, -0.15) is 0 Å². The maximum atomic E-state index is 13.9. The largest absolute Gasteiger partial charge is 0.337 e. The second kappa shape index (κ2) is 5.65. The predicted molar refractivity (Wildman–Crippen MR) is 78.3 cm³/mol. The summed E-state index contributed by atoms with van der Waals surface area (Å²) in [5.74, 6) is 3.37. The Hall–Kier alpha value is -2.21. The minimum absolute atomic E-state index is 0.0386. The first kappa shape index (κ1) is 13.8. The van der Waals surface area contributed by atoms with Crippen LogP contribution in [0.5, 0.6) is 0 Å². The monoisotopic (exact) mass is 290 g/mol. The molecule has 0 amide bonds. The molecule has 0 spiro atoms. The highest BCUT2D eigenvalue weighted by Gasteiger charge is 2.16. The van der Waals surface area contributed by atoms with Gasteiger partial charge in [0.2, 0.25) is 0 Å². The number of hydrazine groups is 1. The van der Waals surface area contributed by atoms with Gasteiger partial charge in [-0.15, -0.1) is 0 Å². The molecule has 1 aromatic carbocycles. The van der Waals surface area contributed by atoms with Crippen LogP contribution in [-0.4, -0.2) is 4.98 Å². The lowest BCUT2D eigenvalue weighted by Gasteiger charge is -2.20. The fraction of sp³-hybridized carbons (Fsp3) is 0.267. The van der Waals surface area contributed by atoms with Crippen LogP contribution in [0.3, 0.4) is 0 Å². The van der Waals surface area contributed by atoms with Gasteiger partial charge in [0.05, 0.1) is 0 Å². The molecule has 0 fully saturated rings. The molecule has 1 heterocycles. The van der Waals surface area contributed by atoms with Crippen molar-refractivity contribution in [2.24, 2.45) is 5.84 Å². The van der Waals surface area contributed by atoms with Crippen molar-refractivity contribution in [1.29, 1.82) is 0 Å². The average molecular weight is 290 g/mol. The zero-order valence-electron chi connectivity index (χ0n) is 11.4. The molecule has 0 atom stereocenters. The van der Waals surface area contributed by atoms with Gasteiger partial charge in [-0.05, 0) is 42.9 Å². The van der Waals surface area contributed by atoms with Crippen molar-refractivity contribution in [2.45, 2.75) is 25.7 Å². The molecule has 0 saturated heterocycles. The van der Waals surface area contributed by atoms with E-state index in [0.29, 0.717) is 0 Å². The molecule has 0 bridgehead atoms. The number of nitrogens with zero attached hydrogens (tertiary/aromatic N) is 1. The molecule has 4 N–H and O–H groups in total. The van der Waals surface area contributed by atoms with Crippen molar-refractivity contribution < 1.29 is 8.78 Å². The smallest absolute Gasteiger partial charge is 0.178 e. The van der Waals surface area contributed by atoms with Gasteiger partial charge >= 0.3 is 0 Å². The summed E-state index contributed by atoms with van der Waals surface area (Å²) >= 11 is 0. The topological polar surface area (TPSA) is 63.0 Å². The van der Waals surface area contributed by atoms with Crippen LogP contribution in [0.2, 0.25) is 0 Å². The van der Waals surface area contributed by atoms with E-state index >= 15 is 0 Å². The Morgan fingerprint density at radius 1 is 1.05 bits per heavy atom. The second-order valence-corrected chi connectivity index (χ2v) is 5.07. The molecule has 6 heteroatoms. The van der Waals surface area contributed by atoms with E-state index in [1.165, 1.54) is 17.5 Å². The molecule has 1 aromatic heterocycles. The standard InChI is InChI=1S/C15H16F2N4/c16-11-8-12(17)15(21-18)20-14(11)19-13-7-3-5-9-4-1-2-6-10(9)13/h3,5,7-8H,1-2,4,6,18H2,(H2,19,20,21). The number of anilines is 3. The molecule has 110 valence electrons. The van der Waals surface area contributed by atoms with E-state index in [1.54, 1.807) is 0 Å². The molecule has 3 rings (SSSR count). The number of benzene rings is 1. The lowest BCUT2D eigenvalue weighted by Crippen LogP contribution is -2.13. The highest BCUT2D eigenvalue weighted by atomic mass is 19.1. The molecule has 0 saturated carbocycles. The summed E-state index contributed by atoms with van der Waals surface area (Å²) in [6.45, 7) is 0. The summed E-state index contributed by atoms with van der Waals surface area (Å²) in [6, 6.07) is 6.65. The Morgan fingerprint density at radius 2 is 1.81 bits per heavy atom. The minimum Gasteiger partial charge on any atom is -0.337 e. The van der Waals surface area contributed by atoms with Gasteiger partial charge in [0, 0.05) is 11.8 Å². The quantitative estimate of drug-likeness (QED) is 0.599. The van der Waals surface area contributed by atoms with Crippen LogP contribution in [0.15, 0.2) is 24.3 Å². The first-order valence-corrected chi connectivity index (χ1v) is 6.89. The van der Waals surface area contributed by atoms with Gasteiger partial charge in [-0.1, -0.05) is 12.1 Å². The zero-order chi connectivity index (χ0) is 14.8. The number of halogens is 2. The van der Waals surface area contributed by atoms with Gasteiger partial charge in [0.15, 0.2) is 23.3 Å². The fourth-order valence-electron chi connectivity index (χ4n) is 2.68. The molecular weight excluding hydrogens is 274 g/mol. The maximum Gasteiger partial charge on any atom is 0.178 e. The third-order valence-electron chi connectivity index (χ3n) is 3.72. The van der Waals surface area contributed by atoms with Gasteiger partial charge in [0.25, 0.3) is 0 Å². The van der Waals surface area contributed by atoms with Gasteiger partial charge < -0.3 is 10.7 Å². The third-order valence-corrected chi connectivity index (χ3v) is 3.72. The SMILES string of the molecule is NNc1nc(Nc2cccc3c2CCCC3)c(F)cc1F. The van der Waals surface area contributed by atoms with Crippen molar-refractivity contribution in [3.05, 3.63) is 47.0 Å². The number of pyridine rings is 1. The minimum atomic E-state index is -0.823. The van der Waals surface area contributed by atoms with Crippen molar-refractivity contribution >= 4 is 17.3 Å². The lowest BCUT2D eigenvalue weighted by molar-refractivity contribution is 0.579. The summed E-state index contributed by atoms with van der Waals surface area (Å²) in [4.78, 5) is 3.84. The van der Waals surface area contributed by atoms with Crippen molar-refractivity contribution in [3.8, 4) is 0 Å². The zero-order valence-corrected chi connectivity index (χ0v) is 11.4. The highest BCUT2D eigenvalue weighted by Crippen LogP contribution is 2.30. The van der Waals surface area contributed by atoms with Crippen LogP contribution < -0.4 is 16.6 Å². The maximum absolute atomic E-state index is 13.9. The third kappa shape index (κ3) is 2.67. The van der Waals surface area contributed by atoms with E-state index in [1.807, 2.05) is 12.1 Å². The van der Waals surface area contributed by atoms with Crippen LogP contribution in [0, 0.1) is 11.6 Å². The molecule has 1 aliphatic rings. The highest BCUT2D eigenvalue weighted by molar-refractivity contribution is 5.64. The molecule has 0 aliphatic heterocycles. The Kier molecular flexibility index (Phi) is 3.70. The Balaban J connectivity index is 1.97. The molecular formula is C15H16F2N4. The molecule has 21 heavy (non-hydrogen) atoms. The number of aryl methyl sites for hydroxylation is 1. The molecule has 2 aromatic rings. The van der Waals surface area contributed by atoms with Crippen LogP contribution >= 0.6 is 0 Å². The number of nitrogen functional groups attached to an aromatic ring is 1.